The molecule has 0 saturated carbocycles. The number of aryl methyl sites for hydroxylation is 3. The molecule has 0 aliphatic carbocycles. The SMILES string of the molecule is Cc1nn(C)c(C)c1C(=O)NCCNc1cc(-n2cnc(C)c2C)ncn1. The Hall–Kier alpha value is -3.23. The average molecular weight is 368 g/mol. The highest BCUT2D eigenvalue weighted by Crippen LogP contribution is 2.14. The second-order valence-corrected chi connectivity index (χ2v) is 6.40. The molecule has 3 aromatic heterocycles. The van der Waals surface area contributed by atoms with Gasteiger partial charge in [-0.15, -0.1) is 0 Å². The van der Waals surface area contributed by atoms with Crippen LogP contribution in [0.15, 0.2) is 18.7 Å². The van der Waals surface area contributed by atoms with Gasteiger partial charge in [-0.05, 0) is 27.7 Å². The van der Waals surface area contributed by atoms with Crippen molar-refractivity contribution in [3.05, 3.63) is 47.1 Å². The van der Waals surface area contributed by atoms with Crippen molar-refractivity contribution in [2.45, 2.75) is 27.7 Å². The van der Waals surface area contributed by atoms with Crippen LogP contribution < -0.4 is 10.6 Å². The third kappa shape index (κ3) is 3.81. The number of nitrogens with zero attached hydrogens (tertiary/aromatic N) is 6. The number of nitrogens with one attached hydrogen (secondary N) is 2. The molecular weight excluding hydrogens is 344 g/mol. The topological polar surface area (TPSA) is 103 Å². The zero-order valence-electron chi connectivity index (χ0n) is 16.2. The largest absolute Gasteiger partial charge is 0.368 e. The monoisotopic (exact) mass is 368 g/mol. The summed E-state index contributed by atoms with van der Waals surface area (Å²) in [5.74, 6) is 1.32. The number of imidazole rings is 1. The summed E-state index contributed by atoms with van der Waals surface area (Å²) in [6, 6.07) is 1.85. The number of carbonyl (C=O) groups is 1. The second kappa shape index (κ2) is 7.56. The molecule has 0 fully saturated rings. The van der Waals surface area contributed by atoms with Crippen LogP contribution in [0.3, 0.4) is 0 Å². The average Bonchev–Trinajstić information content (AvgIpc) is 3.10. The van der Waals surface area contributed by atoms with E-state index in [1.807, 2.05) is 45.4 Å². The van der Waals surface area contributed by atoms with Crippen molar-refractivity contribution in [2.75, 3.05) is 18.4 Å². The Kier molecular flexibility index (Phi) is 5.20. The minimum atomic E-state index is -0.118. The molecule has 9 heteroatoms. The second-order valence-electron chi connectivity index (χ2n) is 6.40. The number of anilines is 1. The van der Waals surface area contributed by atoms with Gasteiger partial charge in [0.15, 0.2) is 0 Å². The Labute approximate surface area is 157 Å². The van der Waals surface area contributed by atoms with Gasteiger partial charge in [0.25, 0.3) is 5.91 Å². The summed E-state index contributed by atoms with van der Waals surface area (Å²) < 4.78 is 3.63. The van der Waals surface area contributed by atoms with Crippen LogP contribution in [0.1, 0.15) is 33.1 Å². The summed E-state index contributed by atoms with van der Waals surface area (Å²) in [5, 5.41) is 10.4. The van der Waals surface area contributed by atoms with Crippen LogP contribution in [0.4, 0.5) is 5.82 Å². The smallest absolute Gasteiger partial charge is 0.255 e. The molecule has 1 amide bonds. The number of carbonyl (C=O) groups excluding carboxylic acids is 1. The van der Waals surface area contributed by atoms with Crippen LogP contribution in [0, 0.1) is 27.7 Å². The molecule has 2 N–H and O–H groups in total. The van der Waals surface area contributed by atoms with E-state index < -0.39 is 0 Å². The maximum Gasteiger partial charge on any atom is 0.255 e. The number of hydrogen-bond donors (Lipinski definition) is 2. The molecule has 9 nitrogen and oxygen atoms in total. The minimum Gasteiger partial charge on any atom is -0.368 e. The standard InChI is InChI=1S/C18H24N8O/c1-11-13(3)26(10-23-11)16-8-15(21-9-22-16)19-6-7-20-18(27)17-12(2)24-25(5)14(17)4/h8-10H,6-7H2,1-5H3,(H,20,27)(H,19,21,22). The highest BCUT2D eigenvalue weighted by atomic mass is 16.1. The van der Waals surface area contributed by atoms with Crippen LogP contribution in [0.25, 0.3) is 5.82 Å². The molecule has 3 aromatic rings. The van der Waals surface area contributed by atoms with Crippen molar-refractivity contribution in [1.82, 2.24) is 34.6 Å². The number of hydrogen-bond acceptors (Lipinski definition) is 6. The van der Waals surface area contributed by atoms with Crippen molar-refractivity contribution in [3.8, 4) is 5.82 Å². The van der Waals surface area contributed by atoms with Crippen molar-refractivity contribution in [1.29, 1.82) is 0 Å². The van der Waals surface area contributed by atoms with Crippen molar-refractivity contribution in [3.63, 3.8) is 0 Å². The molecule has 0 saturated heterocycles. The first-order chi connectivity index (χ1) is 12.9. The summed E-state index contributed by atoms with van der Waals surface area (Å²) in [7, 11) is 1.83. The van der Waals surface area contributed by atoms with Crippen molar-refractivity contribution in [2.24, 2.45) is 7.05 Å². The molecule has 0 unspecified atom stereocenters. The normalized spacial score (nSPS) is 10.9. The van der Waals surface area contributed by atoms with Gasteiger partial charge in [-0.3, -0.25) is 14.0 Å². The summed E-state index contributed by atoms with van der Waals surface area (Å²) >= 11 is 0. The summed E-state index contributed by atoms with van der Waals surface area (Å²) in [4.78, 5) is 25.2. The van der Waals surface area contributed by atoms with Crippen LogP contribution in [-0.4, -0.2) is 48.3 Å². The molecule has 27 heavy (non-hydrogen) atoms. The minimum absolute atomic E-state index is 0.118. The molecule has 0 radical (unpaired) electrons. The fraction of sp³-hybridized carbons (Fsp3) is 0.389. The maximum atomic E-state index is 12.4. The van der Waals surface area contributed by atoms with Gasteiger partial charge in [0.2, 0.25) is 0 Å². The highest BCUT2D eigenvalue weighted by molar-refractivity contribution is 5.96. The molecular formula is C18H24N8O. The lowest BCUT2D eigenvalue weighted by atomic mass is 10.2. The van der Waals surface area contributed by atoms with Gasteiger partial charge in [0.1, 0.15) is 24.3 Å². The molecule has 0 bridgehead atoms. The zero-order chi connectivity index (χ0) is 19.6. The van der Waals surface area contributed by atoms with Crippen molar-refractivity contribution >= 4 is 11.7 Å². The molecule has 0 aliphatic heterocycles. The number of aromatic nitrogens is 6. The van der Waals surface area contributed by atoms with E-state index >= 15 is 0 Å². The van der Waals surface area contributed by atoms with E-state index in [9.17, 15) is 4.79 Å². The Balaban J connectivity index is 1.57. The number of rotatable bonds is 6. The van der Waals surface area contributed by atoms with E-state index in [1.165, 1.54) is 6.33 Å². The Morgan fingerprint density at radius 1 is 1.04 bits per heavy atom. The van der Waals surface area contributed by atoms with Crippen LogP contribution in [0.5, 0.6) is 0 Å². The fourth-order valence-corrected chi connectivity index (χ4v) is 2.86. The van der Waals surface area contributed by atoms with Gasteiger partial charge < -0.3 is 10.6 Å². The first-order valence-electron chi connectivity index (χ1n) is 8.73. The third-order valence-corrected chi connectivity index (χ3v) is 4.60. The summed E-state index contributed by atoms with van der Waals surface area (Å²) in [6.45, 7) is 8.69. The lowest BCUT2D eigenvalue weighted by Gasteiger charge is -2.09. The van der Waals surface area contributed by atoms with Gasteiger partial charge >= 0.3 is 0 Å². The molecule has 0 aliphatic rings. The van der Waals surface area contributed by atoms with E-state index in [0.717, 1.165) is 28.6 Å². The van der Waals surface area contributed by atoms with E-state index in [4.69, 9.17) is 0 Å². The van der Waals surface area contributed by atoms with E-state index in [1.54, 1.807) is 11.0 Å². The predicted octanol–water partition coefficient (Wildman–Crippen LogP) is 1.47. The molecule has 0 atom stereocenters. The van der Waals surface area contributed by atoms with Gasteiger partial charge in [-0.1, -0.05) is 0 Å². The summed E-state index contributed by atoms with van der Waals surface area (Å²) in [6.07, 6.45) is 3.25. The van der Waals surface area contributed by atoms with E-state index in [2.05, 4.69) is 30.7 Å². The maximum absolute atomic E-state index is 12.4. The van der Waals surface area contributed by atoms with Gasteiger partial charge in [0, 0.05) is 37.6 Å². The molecule has 3 rings (SSSR count). The Bertz CT molecular complexity index is 972. The lowest BCUT2D eigenvalue weighted by molar-refractivity contribution is 0.0954. The fourth-order valence-electron chi connectivity index (χ4n) is 2.86. The quantitative estimate of drug-likeness (QED) is 0.639. The molecule has 142 valence electrons. The van der Waals surface area contributed by atoms with Crippen LogP contribution in [0.2, 0.25) is 0 Å². The third-order valence-electron chi connectivity index (χ3n) is 4.60. The van der Waals surface area contributed by atoms with Gasteiger partial charge in [-0.2, -0.15) is 5.10 Å². The predicted molar refractivity (Wildman–Crippen MR) is 102 cm³/mol. The summed E-state index contributed by atoms with van der Waals surface area (Å²) in [5.41, 5.74) is 4.21. The Morgan fingerprint density at radius 3 is 2.44 bits per heavy atom. The molecule has 0 aromatic carbocycles. The molecule has 3 heterocycles. The van der Waals surface area contributed by atoms with E-state index in [0.29, 0.717) is 24.5 Å². The van der Waals surface area contributed by atoms with Gasteiger partial charge in [-0.25, -0.2) is 15.0 Å². The first-order valence-corrected chi connectivity index (χ1v) is 8.73. The zero-order valence-corrected chi connectivity index (χ0v) is 16.2. The number of amides is 1. The van der Waals surface area contributed by atoms with Crippen molar-refractivity contribution < 1.29 is 4.79 Å². The van der Waals surface area contributed by atoms with Gasteiger partial charge in [0.05, 0.1) is 17.0 Å². The highest BCUT2D eigenvalue weighted by Gasteiger charge is 2.16. The molecule has 0 spiro atoms. The van der Waals surface area contributed by atoms with Crippen LogP contribution in [-0.2, 0) is 7.05 Å². The first kappa shape index (κ1) is 18.6. The Morgan fingerprint density at radius 2 is 1.81 bits per heavy atom. The van der Waals surface area contributed by atoms with Crippen LogP contribution >= 0.6 is 0 Å². The van der Waals surface area contributed by atoms with E-state index in [-0.39, 0.29) is 5.91 Å². The lowest BCUT2D eigenvalue weighted by Crippen LogP contribution is -2.29.